The van der Waals surface area contributed by atoms with Crippen molar-refractivity contribution in [3.05, 3.63) is 52.1 Å². The molecule has 0 saturated heterocycles. The van der Waals surface area contributed by atoms with E-state index < -0.39 is 17.5 Å². The summed E-state index contributed by atoms with van der Waals surface area (Å²) in [4.78, 5) is 15.5. The van der Waals surface area contributed by atoms with Gasteiger partial charge in [0.05, 0.1) is 11.3 Å². The zero-order chi connectivity index (χ0) is 14.7. The van der Waals surface area contributed by atoms with Crippen LogP contribution in [-0.2, 0) is 0 Å². The Morgan fingerprint density at radius 3 is 2.75 bits per heavy atom. The molecule has 0 bridgehead atoms. The number of anilines is 2. The number of nitrogen functional groups attached to an aromatic ring is 1. The van der Waals surface area contributed by atoms with Crippen molar-refractivity contribution < 1.29 is 13.6 Å². The number of hydrazine groups is 1. The molecule has 20 heavy (non-hydrogen) atoms. The number of amides is 1. The molecule has 4 N–H and O–H groups in total. The van der Waals surface area contributed by atoms with Crippen LogP contribution >= 0.6 is 15.9 Å². The normalized spacial score (nSPS) is 10.2. The third-order valence-electron chi connectivity index (χ3n) is 2.45. The van der Waals surface area contributed by atoms with Crippen LogP contribution in [0, 0.1) is 11.6 Å². The third-order valence-corrected chi connectivity index (χ3v) is 2.94. The summed E-state index contributed by atoms with van der Waals surface area (Å²) in [6.45, 7) is 0. The Hall–Kier alpha value is -2.06. The second kappa shape index (κ2) is 5.93. The van der Waals surface area contributed by atoms with Gasteiger partial charge in [0.15, 0.2) is 11.6 Å². The van der Waals surface area contributed by atoms with Gasteiger partial charge >= 0.3 is 0 Å². The maximum Gasteiger partial charge on any atom is 0.258 e. The van der Waals surface area contributed by atoms with E-state index >= 15 is 0 Å². The van der Waals surface area contributed by atoms with E-state index in [0.717, 1.165) is 0 Å². The topological polar surface area (TPSA) is 80.0 Å². The minimum atomic E-state index is -0.914. The summed E-state index contributed by atoms with van der Waals surface area (Å²) in [6.07, 6.45) is 1.21. The molecule has 1 heterocycles. The van der Waals surface area contributed by atoms with E-state index in [9.17, 15) is 13.6 Å². The number of pyridine rings is 1. The van der Waals surface area contributed by atoms with Crippen molar-refractivity contribution in [1.29, 1.82) is 0 Å². The second-order valence-corrected chi connectivity index (χ2v) is 4.66. The molecule has 0 radical (unpaired) electrons. The fraction of sp³-hybridized carbons (Fsp3) is 0. The minimum absolute atomic E-state index is 0.0668. The van der Waals surface area contributed by atoms with E-state index in [1.54, 1.807) is 0 Å². The van der Waals surface area contributed by atoms with Crippen LogP contribution in [0.5, 0.6) is 0 Å². The highest BCUT2D eigenvalue weighted by Crippen LogP contribution is 2.22. The van der Waals surface area contributed by atoms with Crippen LogP contribution in [0.25, 0.3) is 0 Å². The molecule has 0 aliphatic rings. The van der Waals surface area contributed by atoms with E-state index in [0.29, 0.717) is 4.47 Å². The van der Waals surface area contributed by atoms with Crippen LogP contribution in [0.2, 0.25) is 0 Å². The average Bonchev–Trinajstić information content (AvgIpc) is 2.43. The summed E-state index contributed by atoms with van der Waals surface area (Å²) in [5.74, 6) is 2.44. The van der Waals surface area contributed by atoms with E-state index in [2.05, 4.69) is 26.2 Å². The largest absolute Gasteiger partial charge is 0.319 e. The van der Waals surface area contributed by atoms with Crippen LogP contribution in [0.15, 0.2) is 34.9 Å². The zero-order valence-corrected chi connectivity index (χ0v) is 11.5. The lowest BCUT2D eigenvalue weighted by atomic mass is 10.2. The Morgan fingerprint density at radius 2 is 2.05 bits per heavy atom. The van der Waals surface area contributed by atoms with Gasteiger partial charge in [-0.25, -0.2) is 19.6 Å². The van der Waals surface area contributed by atoms with Gasteiger partial charge in [-0.15, -0.1) is 0 Å². The van der Waals surface area contributed by atoms with Crippen LogP contribution in [0.4, 0.5) is 20.3 Å². The number of benzene rings is 1. The van der Waals surface area contributed by atoms with Crippen molar-refractivity contribution in [2.75, 3.05) is 10.7 Å². The van der Waals surface area contributed by atoms with E-state index in [-0.39, 0.29) is 17.1 Å². The lowest BCUT2D eigenvalue weighted by Gasteiger charge is -2.09. The highest BCUT2D eigenvalue weighted by atomic mass is 79.9. The second-order valence-electron chi connectivity index (χ2n) is 3.74. The van der Waals surface area contributed by atoms with Crippen molar-refractivity contribution in [3.8, 4) is 0 Å². The molecule has 0 aliphatic carbocycles. The Kier molecular flexibility index (Phi) is 4.26. The van der Waals surface area contributed by atoms with Crippen LogP contribution < -0.4 is 16.6 Å². The average molecular weight is 343 g/mol. The van der Waals surface area contributed by atoms with Gasteiger partial charge in [-0.05, 0) is 24.3 Å². The van der Waals surface area contributed by atoms with Gasteiger partial charge < -0.3 is 10.7 Å². The summed E-state index contributed by atoms with van der Waals surface area (Å²) in [5.41, 5.74) is 1.66. The molecule has 2 aromatic rings. The van der Waals surface area contributed by atoms with Gasteiger partial charge in [-0.3, -0.25) is 4.79 Å². The molecule has 0 spiro atoms. The lowest BCUT2D eigenvalue weighted by molar-refractivity contribution is 0.102. The standard InChI is InChI=1S/C12H9BrF2N4O/c13-6-1-2-8(14)9(5-6)18-12(20)7-3-4-17-11(19-16)10(7)15/h1-5H,16H2,(H,17,19)(H,18,20). The predicted molar refractivity (Wildman–Crippen MR) is 74.1 cm³/mol. The molecule has 0 unspecified atom stereocenters. The number of hydrogen-bond donors (Lipinski definition) is 3. The van der Waals surface area contributed by atoms with Gasteiger partial charge in [0.2, 0.25) is 0 Å². The molecule has 0 aliphatic heterocycles. The van der Waals surface area contributed by atoms with Gasteiger partial charge in [-0.2, -0.15) is 0 Å². The Morgan fingerprint density at radius 1 is 1.30 bits per heavy atom. The Bertz CT molecular complexity index is 666. The number of carbonyl (C=O) groups is 1. The molecule has 1 aromatic heterocycles. The van der Waals surface area contributed by atoms with Crippen LogP contribution in [0.1, 0.15) is 10.4 Å². The van der Waals surface area contributed by atoms with E-state index in [1.165, 1.54) is 30.5 Å². The number of carbonyl (C=O) groups excluding carboxylic acids is 1. The number of hydrogen-bond acceptors (Lipinski definition) is 4. The van der Waals surface area contributed by atoms with E-state index in [4.69, 9.17) is 5.84 Å². The van der Waals surface area contributed by atoms with Gasteiger partial charge in [0.1, 0.15) is 5.82 Å². The van der Waals surface area contributed by atoms with Crippen LogP contribution in [-0.4, -0.2) is 10.9 Å². The van der Waals surface area contributed by atoms with Gasteiger partial charge in [0, 0.05) is 10.7 Å². The molecular formula is C12H9BrF2N4O. The van der Waals surface area contributed by atoms with Crippen molar-refractivity contribution in [2.24, 2.45) is 5.84 Å². The van der Waals surface area contributed by atoms with Crippen molar-refractivity contribution in [1.82, 2.24) is 4.98 Å². The summed E-state index contributed by atoms with van der Waals surface area (Å²) in [7, 11) is 0. The first-order valence-corrected chi connectivity index (χ1v) is 6.19. The summed E-state index contributed by atoms with van der Waals surface area (Å²) < 4.78 is 27.9. The molecule has 2 rings (SSSR count). The maximum absolute atomic E-state index is 13.8. The number of halogens is 3. The number of nitrogens with one attached hydrogen (secondary N) is 2. The summed E-state index contributed by atoms with van der Waals surface area (Å²) in [5, 5.41) is 2.28. The highest BCUT2D eigenvalue weighted by molar-refractivity contribution is 9.10. The number of nitrogens with zero attached hydrogens (tertiary/aromatic N) is 1. The minimum Gasteiger partial charge on any atom is -0.319 e. The maximum atomic E-state index is 13.8. The molecule has 1 aromatic carbocycles. The molecular weight excluding hydrogens is 334 g/mol. The summed E-state index contributed by atoms with van der Waals surface area (Å²) >= 11 is 3.15. The predicted octanol–water partition coefficient (Wildman–Crippen LogP) is 2.66. The molecule has 1 amide bonds. The number of nitrogens with two attached hydrogens (primary N) is 1. The van der Waals surface area contributed by atoms with E-state index in [1.807, 2.05) is 5.43 Å². The molecule has 0 atom stereocenters. The number of aromatic nitrogens is 1. The van der Waals surface area contributed by atoms with Crippen molar-refractivity contribution in [3.63, 3.8) is 0 Å². The fourth-order valence-electron chi connectivity index (χ4n) is 1.50. The third kappa shape index (κ3) is 2.91. The summed E-state index contributed by atoms with van der Waals surface area (Å²) in [6, 6.07) is 5.19. The smallest absolute Gasteiger partial charge is 0.258 e. The first kappa shape index (κ1) is 14.4. The zero-order valence-electron chi connectivity index (χ0n) is 9.95. The van der Waals surface area contributed by atoms with Crippen molar-refractivity contribution >= 4 is 33.3 Å². The highest BCUT2D eigenvalue weighted by Gasteiger charge is 2.17. The Labute approximate surface area is 121 Å². The Balaban J connectivity index is 2.31. The monoisotopic (exact) mass is 342 g/mol. The first-order chi connectivity index (χ1) is 9.52. The fourth-order valence-corrected chi connectivity index (χ4v) is 1.86. The van der Waals surface area contributed by atoms with Crippen LogP contribution in [0.3, 0.4) is 0 Å². The molecule has 8 heteroatoms. The first-order valence-electron chi connectivity index (χ1n) is 5.40. The van der Waals surface area contributed by atoms with Crippen molar-refractivity contribution in [2.45, 2.75) is 0 Å². The number of rotatable bonds is 3. The molecule has 0 fully saturated rings. The molecule has 5 nitrogen and oxygen atoms in total. The van der Waals surface area contributed by atoms with Gasteiger partial charge in [-0.1, -0.05) is 15.9 Å². The lowest BCUT2D eigenvalue weighted by Crippen LogP contribution is -2.18. The van der Waals surface area contributed by atoms with Gasteiger partial charge in [0.25, 0.3) is 5.91 Å². The quantitative estimate of drug-likeness (QED) is 0.591. The molecule has 0 saturated carbocycles. The SMILES string of the molecule is NNc1nccc(C(=O)Nc2cc(Br)ccc2F)c1F. The molecule has 104 valence electrons.